The number of nitrogens with zero attached hydrogens (tertiary/aromatic N) is 2. The molecule has 0 aliphatic carbocycles. The van der Waals surface area contributed by atoms with Crippen LogP contribution in [0.2, 0.25) is 0 Å². The molecule has 1 aliphatic heterocycles. The molecule has 0 bridgehead atoms. The van der Waals surface area contributed by atoms with Gasteiger partial charge in [0.1, 0.15) is 11.6 Å². The molecule has 3 aromatic rings. The fourth-order valence-electron chi connectivity index (χ4n) is 3.73. The highest BCUT2D eigenvalue weighted by Crippen LogP contribution is 2.33. The van der Waals surface area contributed by atoms with Gasteiger partial charge in [0.05, 0.1) is 19.2 Å². The molecule has 0 radical (unpaired) electrons. The van der Waals surface area contributed by atoms with E-state index >= 15 is 0 Å². The number of ether oxygens (including phenoxy) is 1. The second-order valence-corrected chi connectivity index (χ2v) is 6.91. The number of hydrogen-bond acceptors (Lipinski definition) is 3. The Balaban J connectivity index is 1.77. The fraction of sp³-hybridized carbons (Fsp3) is 0.208. The summed E-state index contributed by atoms with van der Waals surface area (Å²) in [6.07, 6.45) is 0. The summed E-state index contributed by atoms with van der Waals surface area (Å²) in [5.41, 5.74) is 3.68. The zero-order valence-corrected chi connectivity index (χ0v) is 15.7. The van der Waals surface area contributed by atoms with Gasteiger partial charge in [-0.05, 0) is 42.3 Å². The Morgan fingerprint density at radius 1 is 0.852 bits per heavy atom. The third-order valence-corrected chi connectivity index (χ3v) is 4.97. The Kier molecular flexibility index (Phi) is 4.93. The van der Waals surface area contributed by atoms with Crippen LogP contribution in [0.3, 0.4) is 0 Å². The second kappa shape index (κ2) is 7.67. The van der Waals surface area contributed by atoms with Crippen LogP contribution in [0.4, 0.5) is 0 Å². The predicted octanol–water partition coefficient (Wildman–Crippen LogP) is 4.94. The minimum Gasteiger partial charge on any atom is -0.497 e. The third kappa shape index (κ3) is 3.59. The van der Waals surface area contributed by atoms with Crippen molar-refractivity contribution in [2.45, 2.75) is 19.0 Å². The summed E-state index contributed by atoms with van der Waals surface area (Å²) in [5, 5.41) is 0. The third-order valence-electron chi connectivity index (χ3n) is 4.97. The van der Waals surface area contributed by atoms with Crippen molar-refractivity contribution in [1.29, 1.82) is 0 Å². The van der Waals surface area contributed by atoms with Crippen molar-refractivity contribution >= 4 is 5.84 Å². The molecule has 1 heterocycles. The van der Waals surface area contributed by atoms with E-state index in [0.717, 1.165) is 23.7 Å². The van der Waals surface area contributed by atoms with Crippen LogP contribution < -0.4 is 4.74 Å². The number of methoxy groups -OCH3 is 1. The second-order valence-electron chi connectivity index (χ2n) is 6.91. The average molecular weight is 356 g/mol. The highest BCUT2D eigenvalue weighted by Gasteiger charge is 2.31. The van der Waals surface area contributed by atoms with Crippen molar-refractivity contribution in [3.05, 3.63) is 102 Å². The first-order valence-corrected chi connectivity index (χ1v) is 9.35. The maximum atomic E-state index is 5.31. The highest BCUT2D eigenvalue weighted by atomic mass is 16.5. The predicted molar refractivity (Wildman–Crippen MR) is 110 cm³/mol. The Morgan fingerprint density at radius 2 is 1.41 bits per heavy atom. The Morgan fingerprint density at radius 3 is 1.93 bits per heavy atom. The summed E-state index contributed by atoms with van der Waals surface area (Å²) in [5.74, 6) is 1.91. The number of aliphatic imine (C=N–C) groups is 1. The minimum atomic E-state index is 0.137. The zero-order chi connectivity index (χ0) is 18.6. The standard InChI is InChI=1S/C24H24N2O/c1-18-17-26(24(25-18)21-13-15-22(27-2)16-14-21)23(19-9-5-3-6-10-19)20-11-7-4-8-12-20/h3-16,18,23H,17H2,1-2H3. The van der Waals surface area contributed by atoms with E-state index in [1.807, 2.05) is 12.1 Å². The first-order valence-electron chi connectivity index (χ1n) is 9.35. The summed E-state index contributed by atoms with van der Waals surface area (Å²) in [6, 6.07) is 29.9. The van der Waals surface area contributed by atoms with Crippen molar-refractivity contribution in [3.63, 3.8) is 0 Å². The van der Waals surface area contributed by atoms with Crippen molar-refractivity contribution < 1.29 is 4.74 Å². The lowest BCUT2D eigenvalue weighted by Crippen LogP contribution is -2.34. The lowest BCUT2D eigenvalue weighted by molar-refractivity contribution is 0.370. The summed E-state index contributed by atoms with van der Waals surface area (Å²) in [7, 11) is 1.69. The molecule has 1 atom stereocenters. The Hall–Kier alpha value is -3.07. The lowest BCUT2D eigenvalue weighted by Gasteiger charge is -2.32. The van der Waals surface area contributed by atoms with Crippen molar-refractivity contribution in [2.24, 2.45) is 4.99 Å². The molecular formula is C24H24N2O. The Labute approximate surface area is 160 Å². The van der Waals surface area contributed by atoms with Crippen LogP contribution in [0.1, 0.15) is 29.7 Å². The fourth-order valence-corrected chi connectivity index (χ4v) is 3.73. The topological polar surface area (TPSA) is 24.8 Å². The zero-order valence-electron chi connectivity index (χ0n) is 15.7. The summed E-state index contributed by atoms with van der Waals surface area (Å²) in [6.45, 7) is 3.08. The molecule has 3 heteroatoms. The van der Waals surface area contributed by atoms with Crippen LogP contribution in [0.15, 0.2) is 89.9 Å². The molecule has 0 aromatic heterocycles. The van der Waals surface area contributed by atoms with Crippen LogP contribution in [0.5, 0.6) is 5.75 Å². The van der Waals surface area contributed by atoms with Gasteiger partial charge in [0.2, 0.25) is 0 Å². The van der Waals surface area contributed by atoms with Gasteiger partial charge < -0.3 is 9.64 Å². The van der Waals surface area contributed by atoms with Crippen LogP contribution in [0.25, 0.3) is 0 Å². The van der Waals surface area contributed by atoms with Crippen LogP contribution in [-0.4, -0.2) is 30.4 Å². The molecule has 3 aromatic carbocycles. The normalized spacial score (nSPS) is 16.5. The highest BCUT2D eigenvalue weighted by molar-refractivity contribution is 6.00. The molecule has 1 aliphatic rings. The number of amidine groups is 1. The van der Waals surface area contributed by atoms with E-state index < -0.39 is 0 Å². The van der Waals surface area contributed by atoms with Crippen LogP contribution in [0, 0.1) is 0 Å². The number of rotatable bonds is 5. The molecule has 0 saturated carbocycles. The van der Waals surface area contributed by atoms with Crippen molar-refractivity contribution in [1.82, 2.24) is 4.90 Å². The van der Waals surface area contributed by atoms with Gasteiger partial charge in [-0.2, -0.15) is 0 Å². The van der Waals surface area contributed by atoms with Crippen molar-refractivity contribution in [3.8, 4) is 5.75 Å². The lowest BCUT2D eigenvalue weighted by atomic mass is 9.96. The van der Waals surface area contributed by atoms with Gasteiger partial charge in [0.25, 0.3) is 0 Å². The maximum Gasteiger partial charge on any atom is 0.132 e. The smallest absolute Gasteiger partial charge is 0.132 e. The molecule has 0 amide bonds. The molecule has 0 fully saturated rings. The molecule has 4 rings (SSSR count). The molecule has 0 N–H and O–H groups in total. The SMILES string of the molecule is COc1ccc(C2=NC(C)CN2C(c2ccccc2)c2ccccc2)cc1. The summed E-state index contributed by atoms with van der Waals surface area (Å²) in [4.78, 5) is 7.40. The molecule has 136 valence electrons. The Bertz CT molecular complexity index is 865. The summed E-state index contributed by atoms with van der Waals surface area (Å²) >= 11 is 0. The molecule has 1 unspecified atom stereocenters. The molecule has 0 spiro atoms. The van der Waals surface area contributed by atoms with Gasteiger partial charge in [0, 0.05) is 12.1 Å². The molecule has 27 heavy (non-hydrogen) atoms. The number of benzene rings is 3. The number of hydrogen-bond donors (Lipinski definition) is 0. The van der Waals surface area contributed by atoms with Crippen LogP contribution >= 0.6 is 0 Å². The monoisotopic (exact) mass is 356 g/mol. The largest absolute Gasteiger partial charge is 0.497 e. The van der Waals surface area contributed by atoms with E-state index in [-0.39, 0.29) is 12.1 Å². The van der Waals surface area contributed by atoms with Crippen LogP contribution in [-0.2, 0) is 0 Å². The van der Waals surface area contributed by atoms with E-state index in [1.54, 1.807) is 7.11 Å². The van der Waals surface area contributed by atoms with Gasteiger partial charge in [-0.15, -0.1) is 0 Å². The summed E-state index contributed by atoms with van der Waals surface area (Å²) < 4.78 is 5.31. The molecular weight excluding hydrogens is 332 g/mol. The van der Waals surface area contributed by atoms with E-state index in [0.29, 0.717) is 0 Å². The average Bonchev–Trinajstić information content (AvgIpc) is 3.11. The first-order chi connectivity index (χ1) is 13.3. The minimum absolute atomic E-state index is 0.137. The maximum absolute atomic E-state index is 5.31. The van der Waals surface area contributed by atoms with Gasteiger partial charge in [-0.3, -0.25) is 4.99 Å². The molecule has 0 saturated heterocycles. The van der Waals surface area contributed by atoms with E-state index in [1.165, 1.54) is 11.1 Å². The van der Waals surface area contributed by atoms with Crippen molar-refractivity contribution in [2.75, 3.05) is 13.7 Å². The van der Waals surface area contributed by atoms with Gasteiger partial charge >= 0.3 is 0 Å². The van der Waals surface area contributed by atoms with E-state index in [2.05, 4.69) is 84.6 Å². The van der Waals surface area contributed by atoms with Gasteiger partial charge in [-0.25, -0.2) is 0 Å². The van der Waals surface area contributed by atoms with E-state index in [9.17, 15) is 0 Å². The van der Waals surface area contributed by atoms with Gasteiger partial charge in [-0.1, -0.05) is 60.7 Å². The van der Waals surface area contributed by atoms with Gasteiger partial charge in [0.15, 0.2) is 0 Å². The first kappa shape index (κ1) is 17.3. The van der Waals surface area contributed by atoms with E-state index in [4.69, 9.17) is 9.73 Å². The quantitative estimate of drug-likeness (QED) is 0.647. The molecule has 3 nitrogen and oxygen atoms in total.